The van der Waals surface area contributed by atoms with Gasteiger partial charge in [0.05, 0.1) is 5.69 Å². The van der Waals surface area contributed by atoms with Crippen LogP contribution in [0.5, 0.6) is 0 Å². The summed E-state index contributed by atoms with van der Waals surface area (Å²) in [6, 6.07) is 7.42. The molecule has 0 aliphatic rings. The van der Waals surface area contributed by atoms with Crippen LogP contribution in [0.15, 0.2) is 33.9 Å². The van der Waals surface area contributed by atoms with Crippen molar-refractivity contribution in [1.82, 2.24) is 8.52 Å². The number of hydrogen-bond donors (Lipinski definition) is 1. The normalized spacial score (nSPS) is 10.5. The molecule has 1 aromatic heterocycles. The molecule has 0 amide bonds. The lowest BCUT2D eigenvalue weighted by Crippen LogP contribution is -2.25. The summed E-state index contributed by atoms with van der Waals surface area (Å²) in [5.41, 5.74) is 1.32. The predicted octanol–water partition coefficient (Wildman–Crippen LogP) is 1.03. The van der Waals surface area contributed by atoms with Crippen LogP contribution in [0.25, 0.3) is 5.69 Å². The average molecular weight is 251 g/mol. The SMILES string of the molecule is CCNc1cccc(-n2sc(=O)n(C)c2=O)c1. The van der Waals surface area contributed by atoms with E-state index in [0.29, 0.717) is 5.69 Å². The first kappa shape index (κ1) is 11.7. The van der Waals surface area contributed by atoms with Gasteiger partial charge in [-0.2, -0.15) is 0 Å². The monoisotopic (exact) mass is 251 g/mol. The summed E-state index contributed by atoms with van der Waals surface area (Å²) >= 11 is 0.905. The molecule has 0 saturated heterocycles. The van der Waals surface area contributed by atoms with Crippen LogP contribution in [-0.2, 0) is 7.05 Å². The second-order valence-corrected chi connectivity index (χ2v) is 4.47. The Morgan fingerprint density at radius 1 is 1.35 bits per heavy atom. The summed E-state index contributed by atoms with van der Waals surface area (Å²) in [6.07, 6.45) is 0. The summed E-state index contributed by atoms with van der Waals surface area (Å²) in [5.74, 6) is 0. The number of nitrogens with one attached hydrogen (secondary N) is 1. The third-order valence-electron chi connectivity index (χ3n) is 2.37. The Morgan fingerprint density at radius 2 is 2.12 bits per heavy atom. The maximum absolute atomic E-state index is 11.8. The molecular formula is C11H13N3O2S. The highest BCUT2D eigenvalue weighted by atomic mass is 32.1. The quantitative estimate of drug-likeness (QED) is 0.886. The van der Waals surface area contributed by atoms with E-state index in [9.17, 15) is 9.59 Å². The molecule has 5 nitrogen and oxygen atoms in total. The highest BCUT2D eigenvalue weighted by Gasteiger charge is 2.08. The van der Waals surface area contributed by atoms with Gasteiger partial charge >= 0.3 is 10.6 Å². The van der Waals surface area contributed by atoms with Crippen LogP contribution < -0.4 is 15.9 Å². The van der Waals surface area contributed by atoms with Crippen molar-refractivity contribution in [2.24, 2.45) is 7.05 Å². The minimum atomic E-state index is -0.311. The van der Waals surface area contributed by atoms with Gasteiger partial charge in [-0.15, -0.1) is 0 Å². The van der Waals surface area contributed by atoms with Crippen LogP contribution in [0.3, 0.4) is 0 Å². The van der Waals surface area contributed by atoms with Gasteiger partial charge in [-0.3, -0.25) is 9.36 Å². The minimum absolute atomic E-state index is 0.260. The Bertz CT molecular complexity index is 639. The zero-order chi connectivity index (χ0) is 12.4. The topological polar surface area (TPSA) is 56.0 Å². The molecule has 17 heavy (non-hydrogen) atoms. The molecule has 0 aliphatic carbocycles. The summed E-state index contributed by atoms with van der Waals surface area (Å²) in [5, 5.41) is 3.16. The molecule has 0 radical (unpaired) electrons. The first-order valence-corrected chi connectivity index (χ1v) is 6.04. The molecule has 2 aromatic rings. The van der Waals surface area contributed by atoms with Gasteiger partial charge in [0.15, 0.2) is 0 Å². The Kier molecular flexibility index (Phi) is 3.14. The molecule has 0 atom stereocenters. The van der Waals surface area contributed by atoms with Crippen LogP contribution in [0.1, 0.15) is 6.92 Å². The maximum atomic E-state index is 11.8. The molecule has 6 heteroatoms. The number of hydrogen-bond acceptors (Lipinski definition) is 4. The lowest BCUT2D eigenvalue weighted by atomic mass is 10.3. The Labute approximate surface area is 102 Å². The highest BCUT2D eigenvalue weighted by Crippen LogP contribution is 2.13. The van der Waals surface area contributed by atoms with E-state index in [2.05, 4.69) is 5.32 Å². The molecule has 1 N–H and O–H groups in total. The Balaban J connectivity index is 2.53. The molecule has 2 rings (SSSR count). The third-order valence-corrected chi connectivity index (χ3v) is 3.35. The molecule has 0 fully saturated rings. The van der Waals surface area contributed by atoms with Crippen molar-refractivity contribution in [2.75, 3.05) is 11.9 Å². The molecule has 1 heterocycles. The van der Waals surface area contributed by atoms with Gasteiger partial charge in [0.2, 0.25) is 0 Å². The van der Waals surface area contributed by atoms with E-state index in [1.807, 2.05) is 25.1 Å². The number of rotatable bonds is 3. The first-order valence-electron chi connectivity index (χ1n) is 5.27. The van der Waals surface area contributed by atoms with Gasteiger partial charge in [0.1, 0.15) is 0 Å². The smallest absolute Gasteiger partial charge is 0.345 e. The number of aromatic nitrogens is 2. The minimum Gasteiger partial charge on any atom is -0.385 e. The van der Waals surface area contributed by atoms with Crippen molar-refractivity contribution in [1.29, 1.82) is 0 Å². The molecular weight excluding hydrogens is 238 g/mol. The van der Waals surface area contributed by atoms with Crippen molar-refractivity contribution in [3.63, 3.8) is 0 Å². The number of benzene rings is 1. The molecule has 90 valence electrons. The highest BCUT2D eigenvalue weighted by molar-refractivity contribution is 7.03. The van der Waals surface area contributed by atoms with E-state index in [4.69, 9.17) is 0 Å². The molecule has 1 aromatic carbocycles. The van der Waals surface area contributed by atoms with E-state index < -0.39 is 0 Å². The van der Waals surface area contributed by atoms with Crippen LogP contribution in [0, 0.1) is 0 Å². The molecule has 0 bridgehead atoms. The fraction of sp³-hybridized carbons (Fsp3) is 0.273. The average Bonchev–Trinajstić information content (AvgIpc) is 2.58. The largest absolute Gasteiger partial charge is 0.385 e. The van der Waals surface area contributed by atoms with Crippen molar-refractivity contribution in [3.8, 4) is 5.69 Å². The van der Waals surface area contributed by atoms with Gasteiger partial charge in [-0.1, -0.05) is 6.07 Å². The molecule has 0 aliphatic heterocycles. The lowest BCUT2D eigenvalue weighted by Gasteiger charge is -2.05. The lowest BCUT2D eigenvalue weighted by molar-refractivity contribution is 0.805. The van der Waals surface area contributed by atoms with Crippen molar-refractivity contribution >= 4 is 17.2 Å². The van der Waals surface area contributed by atoms with Crippen molar-refractivity contribution in [2.45, 2.75) is 6.92 Å². The van der Waals surface area contributed by atoms with Crippen molar-refractivity contribution in [3.05, 3.63) is 44.4 Å². The van der Waals surface area contributed by atoms with E-state index >= 15 is 0 Å². The maximum Gasteiger partial charge on any atom is 0.345 e. The van der Waals surface area contributed by atoms with Gasteiger partial charge in [-0.05, 0) is 25.1 Å². The van der Waals surface area contributed by atoms with E-state index in [1.54, 1.807) is 6.07 Å². The summed E-state index contributed by atoms with van der Waals surface area (Å²) in [4.78, 5) is 22.9. The molecule has 0 spiro atoms. The van der Waals surface area contributed by atoms with E-state index in [1.165, 1.54) is 11.0 Å². The second-order valence-electron chi connectivity index (χ2n) is 3.57. The van der Waals surface area contributed by atoms with Gasteiger partial charge in [0.25, 0.3) is 0 Å². The third kappa shape index (κ3) is 2.16. The number of anilines is 1. The van der Waals surface area contributed by atoms with E-state index in [0.717, 1.165) is 28.3 Å². The number of nitrogens with zero attached hydrogens (tertiary/aromatic N) is 2. The summed E-state index contributed by atoms with van der Waals surface area (Å²) in [6.45, 7) is 2.81. The van der Waals surface area contributed by atoms with Crippen LogP contribution in [0.2, 0.25) is 0 Å². The van der Waals surface area contributed by atoms with Gasteiger partial charge in [0, 0.05) is 30.8 Å². The Morgan fingerprint density at radius 3 is 2.71 bits per heavy atom. The Hall–Kier alpha value is -1.82. The van der Waals surface area contributed by atoms with E-state index in [-0.39, 0.29) is 10.6 Å². The molecule has 0 unspecified atom stereocenters. The van der Waals surface area contributed by atoms with Crippen molar-refractivity contribution < 1.29 is 0 Å². The second kappa shape index (κ2) is 4.58. The van der Waals surface area contributed by atoms with Crippen LogP contribution in [0.4, 0.5) is 5.69 Å². The van der Waals surface area contributed by atoms with Crippen LogP contribution in [-0.4, -0.2) is 15.1 Å². The molecule has 0 saturated carbocycles. The summed E-state index contributed by atoms with van der Waals surface area (Å²) in [7, 11) is 1.48. The zero-order valence-electron chi connectivity index (χ0n) is 9.64. The fourth-order valence-corrected chi connectivity index (χ4v) is 2.28. The van der Waals surface area contributed by atoms with Gasteiger partial charge < -0.3 is 5.32 Å². The standard InChI is InChI=1S/C11H13N3O2S/c1-3-12-8-5-4-6-9(7-8)14-10(15)13(2)11(16)17-14/h4-7,12H,3H2,1-2H3. The zero-order valence-corrected chi connectivity index (χ0v) is 10.5. The van der Waals surface area contributed by atoms with Crippen LogP contribution >= 0.6 is 11.5 Å². The predicted molar refractivity (Wildman–Crippen MR) is 69.3 cm³/mol. The summed E-state index contributed by atoms with van der Waals surface area (Å²) < 4.78 is 2.49. The fourth-order valence-electron chi connectivity index (χ4n) is 1.50. The first-order chi connectivity index (χ1) is 8.13. The van der Waals surface area contributed by atoms with Gasteiger partial charge in [-0.25, -0.2) is 8.75 Å².